The highest BCUT2D eigenvalue weighted by Crippen LogP contribution is 2.29. The van der Waals surface area contributed by atoms with Gasteiger partial charge >= 0.3 is 0 Å². The number of nitrogens with one attached hydrogen (secondary N) is 2. The Morgan fingerprint density at radius 3 is 2.48 bits per heavy atom. The van der Waals surface area contributed by atoms with Gasteiger partial charge in [0, 0.05) is 0 Å². The van der Waals surface area contributed by atoms with Crippen LogP contribution in [0.5, 0.6) is 0 Å². The van der Waals surface area contributed by atoms with Gasteiger partial charge in [-0.2, -0.15) is 0 Å². The van der Waals surface area contributed by atoms with Crippen LogP contribution in [0.1, 0.15) is 16.7 Å². The average Bonchev–Trinajstić information content (AvgIpc) is 2.61. The summed E-state index contributed by atoms with van der Waals surface area (Å²) in [6.45, 7) is 3.97. The molecule has 0 atom stereocenters. The number of rotatable bonds is 5. The fraction of sp³-hybridized carbons (Fsp3) is 0.143. The molecule has 1 heterocycles. The molecule has 1 amide bonds. The maximum absolute atomic E-state index is 12.9. The first-order valence-corrected chi connectivity index (χ1v) is 8.82. The number of carbonyl (C=O) groups excluding carboxylic acids is 1. The molecule has 6 heteroatoms. The minimum absolute atomic E-state index is 0.165. The minimum atomic E-state index is -0.324. The molecule has 0 bridgehead atoms. The monoisotopic (exact) mass is 383 g/mol. The minimum Gasteiger partial charge on any atom is -0.339 e. The SMILES string of the molecule is Cc1cc(C)c(Nc2ccc(NC(=O)Cc3ccc(F)cc3)cn2)c(Cl)c1. The highest BCUT2D eigenvalue weighted by molar-refractivity contribution is 6.33. The molecular formula is C21H19ClFN3O. The van der Waals surface area contributed by atoms with Crippen molar-refractivity contribution in [2.45, 2.75) is 20.3 Å². The third kappa shape index (κ3) is 5.05. The van der Waals surface area contributed by atoms with Crippen molar-refractivity contribution in [2.24, 2.45) is 0 Å². The number of hydrogen-bond donors (Lipinski definition) is 2. The highest BCUT2D eigenvalue weighted by atomic mass is 35.5. The second-order valence-corrected chi connectivity index (χ2v) is 6.75. The predicted molar refractivity (Wildman–Crippen MR) is 107 cm³/mol. The molecule has 3 aromatic rings. The number of aryl methyl sites for hydroxylation is 2. The van der Waals surface area contributed by atoms with Gasteiger partial charge in [-0.05, 0) is 60.9 Å². The van der Waals surface area contributed by atoms with Gasteiger partial charge in [-0.3, -0.25) is 4.79 Å². The molecule has 0 radical (unpaired) electrons. The van der Waals surface area contributed by atoms with Gasteiger partial charge in [-0.15, -0.1) is 0 Å². The Labute approximate surface area is 162 Å². The maximum Gasteiger partial charge on any atom is 0.228 e. The zero-order valence-corrected chi connectivity index (χ0v) is 15.8. The zero-order valence-electron chi connectivity index (χ0n) is 15.0. The molecule has 2 N–H and O–H groups in total. The second kappa shape index (κ2) is 8.18. The van der Waals surface area contributed by atoms with E-state index in [1.54, 1.807) is 30.5 Å². The van der Waals surface area contributed by atoms with Gasteiger partial charge in [-0.1, -0.05) is 29.8 Å². The Kier molecular flexibility index (Phi) is 5.72. The third-order valence-electron chi connectivity index (χ3n) is 4.01. The molecule has 2 aromatic carbocycles. The number of carbonyl (C=O) groups is 1. The van der Waals surface area contributed by atoms with Crippen molar-refractivity contribution in [1.29, 1.82) is 0 Å². The Morgan fingerprint density at radius 1 is 1.11 bits per heavy atom. The fourth-order valence-corrected chi connectivity index (χ4v) is 3.11. The quantitative estimate of drug-likeness (QED) is 0.618. The molecule has 1 aromatic heterocycles. The Bertz CT molecular complexity index is 933. The topological polar surface area (TPSA) is 54.0 Å². The first kappa shape index (κ1) is 18.9. The summed E-state index contributed by atoms with van der Waals surface area (Å²) in [5, 5.41) is 6.61. The molecule has 0 fully saturated rings. The number of anilines is 3. The van der Waals surface area contributed by atoms with E-state index in [4.69, 9.17) is 11.6 Å². The summed E-state index contributed by atoms with van der Waals surface area (Å²) in [5.74, 6) is 0.109. The number of aromatic nitrogens is 1. The summed E-state index contributed by atoms with van der Waals surface area (Å²) in [6, 6.07) is 13.3. The van der Waals surface area contributed by atoms with E-state index in [2.05, 4.69) is 15.6 Å². The number of amides is 1. The van der Waals surface area contributed by atoms with Gasteiger partial charge in [0.05, 0.1) is 29.0 Å². The molecule has 0 unspecified atom stereocenters. The van der Waals surface area contributed by atoms with Crippen molar-refractivity contribution >= 4 is 34.7 Å². The van der Waals surface area contributed by atoms with Crippen molar-refractivity contribution in [1.82, 2.24) is 4.98 Å². The lowest BCUT2D eigenvalue weighted by Gasteiger charge is -2.12. The van der Waals surface area contributed by atoms with Crippen LogP contribution in [-0.2, 0) is 11.2 Å². The van der Waals surface area contributed by atoms with Crippen LogP contribution in [0.3, 0.4) is 0 Å². The second-order valence-electron chi connectivity index (χ2n) is 6.35. The largest absolute Gasteiger partial charge is 0.339 e. The molecule has 0 saturated heterocycles. The van der Waals surface area contributed by atoms with E-state index in [0.29, 0.717) is 16.5 Å². The van der Waals surface area contributed by atoms with Crippen LogP contribution in [0, 0.1) is 19.7 Å². The summed E-state index contributed by atoms with van der Waals surface area (Å²) >= 11 is 6.30. The van der Waals surface area contributed by atoms with E-state index >= 15 is 0 Å². The van der Waals surface area contributed by atoms with Crippen molar-refractivity contribution in [2.75, 3.05) is 10.6 Å². The van der Waals surface area contributed by atoms with E-state index in [0.717, 1.165) is 22.4 Å². The number of pyridine rings is 1. The fourth-order valence-electron chi connectivity index (χ4n) is 2.74. The van der Waals surface area contributed by atoms with Crippen molar-refractivity contribution < 1.29 is 9.18 Å². The van der Waals surface area contributed by atoms with E-state index < -0.39 is 0 Å². The van der Waals surface area contributed by atoms with Crippen molar-refractivity contribution in [3.63, 3.8) is 0 Å². The van der Waals surface area contributed by atoms with Crippen LogP contribution in [-0.4, -0.2) is 10.9 Å². The third-order valence-corrected chi connectivity index (χ3v) is 4.31. The summed E-state index contributed by atoms with van der Waals surface area (Å²) in [7, 11) is 0. The summed E-state index contributed by atoms with van der Waals surface area (Å²) < 4.78 is 12.9. The molecule has 4 nitrogen and oxygen atoms in total. The van der Waals surface area contributed by atoms with Crippen LogP contribution < -0.4 is 10.6 Å². The molecule has 0 aliphatic rings. The van der Waals surface area contributed by atoms with Crippen LogP contribution >= 0.6 is 11.6 Å². The lowest BCUT2D eigenvalue weighted by atomic mass is 10.1. The van der Waals surface area contributed by atoms with Gasteiger partial charge in [-0.25, -0.2) is 9.37 Å². The number of nitrogens with zero attached hydrogens (tertiary/aromatic N) is 1. The average molecular weight is 384 g/mol. The molecule has 0 aliphatic carbocycles. The molecule has 138 valence electrons. The highest BCUT2D eigenvalue weighted by Gasteiger charge is 2.08. The number of hydrogen-bond acceptors (Lipinski definition) is 3. The Hall–Kier alpha value is -2.92. The van der Waals surface area contributed by atoms with E-state index in [1.165, 1.54) is 12.1 Å². The van der Waals surface area contributed by atoms with Gasteiger partial charge in [0.15, 0.2) is 0 Å². The smallest absolute Gasteiger partial charge is 0.228 e. The summed E-state index contributed by atoms with van der Waals surface area (Å²) in [4.78, 5) is 16.4. The van der Waals surface area contributed by atoms with Crippen LogP contribution in [0.15, 0.2) is 54.7 Å². The number of benzene rings is 2. The normalized spacial score (nSPS) is 10.5. The maximum atomic E-state index is 12.9. The van der Waals surface area contributed by atoms with E-state index in [1.807, 2.05) is 26.0 Å². The molecule has 0 aliphatic heterocycles. The molecule has 0 spiro atoms. The Morgan fingerprint density at radius 2 is 1.85 bits per heavy atom. The van der Waals surface area contributed by atoms with Gasteiger partial charge in [0.25, 0.3) is 0 Å². The molecule has 0 saturated carbocycles. The predicted octanol–water partition coefficient (Wildman–Crippen LogP) is 5.42. The van der Waals surface area contributed by atoms with Crippen LogP contribution in [0.2, 0.25) is 5.02 Å². The lowest BCUT2D eigenvalue weighted by Crippen LogP contribution is -2.14. The zero-order chi connectivity index (χ0) is 19.4. The van der Waals surface area contributed by atoms with Crippen molar-refractivity contribution in [3.8, 4) is 0 Å². The summed E-state index contributed by atoms with van der Waals surface area (Å²) in [6.07, 6.45) is 1.74. The van der Waals surface area contributed by atoms with Gasteiger partial charge in [0.1, 0.15) is 11.6 Å². The molecule has 27 heavy (non-hydrogen) atoms. The standard InChI is InChI=1S/C21H19ClFN3O/c1-13-9-14(2)21(18(22)10-13)26-19-8-7-17(12-24-19)25-20(27)11-15-3-5-16(23)6-4-15/h3-10,12H,11H2,1-2H3,(H,24,26)(H,25,27). The molecular weight excluding hydrogens is 365 g/mol. The first-order valence-electron chi connectivity index (χ1n) is 8.45. The van der Waals surface area contributed by atoms with Crippen LogP contribution in [0.4, 0.5) is 21.6 Å². The number of halogens is 2. The van der Waals surface area contributed by atoms with Crippen molar-refractivity contribution in [3.05, 3.63) is 82.3 Å². The Balaban J connectivity index is 1.63. The lowest BCUT2D eigenvalue weighted by molar-refractivity contribution is -0.115. The van der Waals surface area contributed by atoms with Gasteiger partial charge in [0.2, 0.25) is 5.91 Å². The first-order chi connectivity index (χ1) is 12.9. The van der Waals surface area contributed by atoms with Crippen LogP contribution in [0.25, 0.3) is 0 Å². The summed E-state index contributed by atoms with van der Waals surface area (Å²) in [5.41, 5.74) is 4.25. The molecule has 3 rings (SSSR count). The van der Waals surface area contributed by atoms with E-state index in [9.17, 15) is 9.18 Å². The van der Waals surface area contributed by atoms with E-state index in [-0.39, 0.29) is 18.1 Å². The van der Waals surface area contributed by atoms with Gasteiger partial charge < -0.3 is 10.6 Å².